The lowest BCUT2D eigenvalue weighted by molar-refractivity contribution is -0.384. The minimum atomic E-state index is -0.607. The van der Waals surface area contributed by atoms with Gasteiger partial charge in [0.05, 0.1) is 22.4 Å². The van der Waals surface area contributed by atoms with Crippen LogP contribution < -0.4 is 4.90 Å². The van der Waals surface area contributed by atoms with Crippen LogP contribution in [0.15, 0.2) is 30.4 Å². The van der Waals surface area contributed by atoms with Crippen molar-refractivity contribution in [2.75, 3.05) is 4.90 Å². The molecule has 1 aliphatic heterocycles. The first-order chi connectivity index (χ1) is 11.5. The SMILES string of the molecule is O=C1[C@@H]2[C@H]3C=C[C@@H]([C@@H]4C[C@H]34)[C@@H]2C(=O)N1c1ccc(Cl)c([N+](=O)[O-])c1. The average molecular weight is 345 g/mol. The number of benzene rings is 1. The monoisotopic (exact) mass is 344 g/mol. The maximum atomic E-state index is 12.9. The molecule has 1 saturated heterocycles. The molecule has 0 aromatic heterocycles. The number of allylic oxidation sites excluding steroid dienone is 2. The first-order valence-electron chi connectivity index (χ1n) is 7.99. The Hall–Kier alpha value is -2.21. The molecule has 0 spiro atoms. The lowest BCUT2D eigenvalue weighted by Crippen LogP contribution is -2.40. The van der Waals surface area contributed by atoms with E-state index in [0.29, 0.717) is 11.8 Å². The van der Waals surface area contributed by atoms with E-state index in [1.54, 1.807) is 0 Å². The molecule has 6 nitrogen and oxygen atoms in total. The molecule has 6 rings (SSSR count). The quantitative estimate of drug-likeness (QED) is 0.357. The zero-order chi connectivity index (χ0) is 16.7. The van der Waals surface area contributed by atoms with Gasteiger partial charge in [-0.05, 0) is 42.2 Å². The minimum Gasteiger partial charge on any atom is -0.274 e. The van der Waals surface area contributed by atoms with Crippen molar-refractivity contribution in [3.8, 4) is 0 Å². The van der Waals surface area contributed by atoms with E-state index in [4.69, 9.17) is 11.6 Å². The molecular weight excluding hydrogens is 332 g/mol. The van der Waals surface area contributed by atoms with Crippen LogP contribution in [0.25, 0.3) is 0 Å². The first-order valence-corrected chi connectivity index (χ1v) is 8.37. The highest BCUT2D eigenvalue weighted by atomic mass is 35.5. The molecule has 3 fully saturated rings. The van der Waals surface area contributed by atoms with Gasteiger partial charge in [0.1, 0.15) is 5.02 Å². The molecule has 24 heavy (non-hydrogen) atoms. The predicted molar refractivity (Wildman–Crippen MR) is 85.3 cm³/mol. The third-order valence-electron chi connectivity index (χ3n) is 6.05. The summed E-state index contributed by atoms with van der Waals surface area (Å²) in [5.41, 5.74) is -0.0582. The van der Waals surface area contributed by atoms with Crippen LogP contribution in [0.2, 0.25) is 5.02 Å². The van der Waals surface area contributed by atoms with Gasteiger partial charge in [0.15, 0.2) is 0 Å². The summed E-state index contributed by atoms with van der Waals surface area (Å²) in [6, 6.07) is 4.08. The van der Waals surface area contributed by atoms with Crippen molar-refractivity contribution in [3.63, 3.8) is 0 Å². The summed E-state index contributed by atoms with van der Waals surface area (Å²) in [4.78, 5) is 37.5. The Kier molecular flexibility index (Phi) is 2.62. The van der Waals surface area contributed by atoms with Crippen molar-refractivity contribution in [2.24, 2.45) is 35.5 Å². The molecule has 1 aromatic carbocycles. The largest absolute Gasteiger partial charge is 0.289 e. The fraction of sp³-hybridized carbons (Fsp3) is 0.412. The van der Waals surface area contributed by atoms with E-state index in [-0.39, 0.29) is 51.9 Å². The van der Waals surface area contributed by atoms with E-state index in [1.807, 2.05) is 0 Å². The molecule has 2 bridgehead atoms. The number of amides is 2. The van der Waals surface area contributed by atoms with Gasteiger partial charge in [-0.15, -0.1) is 0 Å². The van der Waals surface area contributed by atoms with Gasteiger partial charge in [0.25, 0.3) is 5.69 Å². The molecule has 1 heterocycles. The summed E-state index contributed by atoms with van der Waals surface area (Å²) in [7, 11) is 0. The lowest BCUT2D eigenvalue weighted by atomic mass is 9.63. The fourth-order valence-electron chi connectivity index (χ4n) is 4.99. The van der Waals surface area contributed by atoms with Crippen LogP contribution in [0.5, 0.6) is 0 Å². The van der Waals surface area contributed by atoms with Crippen molar-refractivity contribution in [1.29, 1.82) is 0 Å². The Morgan fingerprint density at radius 3 is 2.21 bits per heavy atom. The zero-order valence-electron chi connectivity index (χ0n) is 12.5. The third kappa shape index (κ3) is 1.61. The standard InChI is InChI=1S/C17H13ClN2O4/c18-12-4-1-7(5-13(12)20(23)24)19-16(21)14-8-2-3-9(11-6-10(8)11)15(14)17(19)22/h1-5,8-11,14-15H,6H2/t8-,9-,10-,11+,14-,15+/m0/s1. The minimum absolute atomic E-state index is 0.0109. The zero-order valence-corrected chi connectivity index (χ0v) is 13.2. The van der Waals surface area contributed by atoms with Gasteiger partial charge in [0, 0.05) is 6.07 Å². The Bertz CT molecular complexity index is 815. The van der Waals surface area contributed by atoms with Crippen molar-refractivity contribution in [1.82, 2.24) is 0 Å². The molecule has 7 heteroatoms. The van der Waals surface area contributed by atoms with Crippen LogP contribution in [0.3, 0.4) is 0 Å². The van der Waals surface area contributed by atoms with Crippen molar-refractivity contribution in [3.05, 3.63) is 45.5 Å². The molecule has 4 aliphatic carbocycles. The van der Waals surface area contributed by atoms with Gasteiger partial charge in [0.2, 0.25) is 11.8 Å². The number of carbonyl (C=O) groups excluding carboxylic acids is 2. The second-order valence-electron chi connectivity index (χ2n) is 7.06. The van der Waals surface area contributed by atoms with Gasteiger partial charge in [-0.2, -0.15) is 0 Å². The molecule has 6 atom stereocenters. The molecule has 2 amide bonds. The molecule has 122 valence electrons. The molecule has 5 aliphatic rings. The molecule has 1 aromatic rings. The van der Waals surface area contributed by atoms with E-state index in [0.717, 1.165) is 11.3 Å². The summed E-state index contributed by atoms with van der Waals surface area (Å²) in [6.07, 6.45) is 5.29. The van der Waals surface area contributed by atoms with Gasteiger partial charge < -0.3 is 0 Å². The second kappa shape index (κ2) is 4.45. The summed E-state index contributed by atoms with van der Waals surface area (Å²) in [5, 5.41) is 11.1. The number of imide groups is 1. The molecule has 0 radical (unpaired) electrons. The van der Waals surface area contributed by atoms with Crippen LogP contribution >= 0.6 is 11.6 Å². The lowest BCUT2D eigenvalue weighted by Gasteiger charge is -2.37. The van der Waals surface area contributed by atoms with Crippen LogP contribution in [-0.4, -0.2) is 16.7 Å². The topological polar surface area (TPSA) is 80.5 Å². The number of hydrogen-bond acceptors (Lipinski definition) is 4. The average Bonchev–Trinajstić information content (AvgIpc) is 3.33. The molecular formula is C17H13ClN2O4. The number of carbonyl (C=O) groups is 2. The number of nitro groups is 1. The van der Waals surface area contributed by atoms with Crippen molar-refractivity contribution < 1.29 is 14.5 Å². The highest BCUT2D eigenvalue weighted by Crippen LogP contribution is 2.65. The fourth-order valence-corrected chi connectivity index (χ4v) is 5.18. The highest BCUT2D eigenvalue weighted by molar-refractivity contribution is 6.33. The highest BCUT2D eigenvalue weighted by Gasteiger charge is 2.67. The summed E-state index contributed by atoms with van der Waals surface area (Å²) >= 11 is 5.83. The van der Waals surface area contributed by atoms with E-state index in [9.17, 15) is 19.7 Å². The Morgan fingerprint density at radius 2 is 1.67 bits per heavy atom. The van der Waals surface area contributed by atoms with Gasteiger partial charge in [-0.25, -0.2) is 4.90 Å². The smallest absolute Gasteiger partial charge is 0.274 e. The Morgan fingerprint density at radius 1 is 1.08 bits per heavy atom. The Balaban J connectivity index is 1.57. The summed E-state index contributed by atoms with van der Waals surface area (Å²) in [5.74, 6) is 0.229. The molecule has 0 N–H and O–H groups in total. The number of halogens is 1. The number of hydrogen-bond donors (Lipinski definition) is 0. The number of nitrogens with zero attached hydrogens (tertiary/aromatic N) is 2. The van der Waals surface area contributed by atoms with Crippen LogP contribution in [0.1, 0.15) is 6.42 Å². The van der Waals surface area contributed by atoms with Gasteiger partial charge in [-0.1, -0.05) is 23.8 Å². The predicted octanol–water partition coefficient (Wildman–Crippen LogP) is 2.81. The number of nitro benzene ring substituents is 1. The van der Waals surface area contributed by atoms with Crippen LogP contribution in [0.4, 0.5) is 11.4 Å². The maximum absolute atomic E-state index is 12.9. The van der Waals surface area contributed by atoms with Crippen molar-refractivity contribution >= 4 is 34.8 Å². The van der Waals surface area contributed by atoms with E-state index >= 15 is 0 Å². The van der Waals surface area contributed by atoms with E-state index in [1.165, 1.54) is 18.2 Å². The first kappa shape index (κ1) is 14.2. The van der Waals surface area contributed by atoms with Gasteiger partial charge in [-0.3, -0.25) is 19.7 Å². The molecule has 2 saturated carbocycles. The van der Waals surface area contributed by atoms with Gasteiger partial charge >= 0.3 is 0 Å². The number of anilines is 1. The van der Waals surface area contributed by atoms with Crippen molar-refractivity contribution in [2.45, 2.75) is 6.42 Å². The van der Waals surface area contributed by atoms with Crippen LogP contribution in [-0.2, 0) is 9.59 Å². The second-order valence-corrected chi connectivity index (χ2v) is 7.47. The summed E-state index contributed by atoms with van der Waals surface area (Å²) < 4.78 is 0. The maximum Gasteiger partial charge on any atom is 0.289 e. The normalized spacial score (nSPS) is 38.3. The number of rotatable bonds is 2. The molecule has 0 unspecified atom stereocenters. The van der Waals surface area contributed by atoms with E-state index in [2.05, 4.69) is 12.2 Å². The van der Waals surface area contributed by atoms with Crippen LogP contribution in [0, 0.1) is 45.6 Å². The summed E-state index contributed by atoms with van der Waals surface area (Å²) in [6.45, 7) is 0. The Labute approximate surface area is 142 Å². The third-order valence-corrected chi connectivity index (χ3v) is 6.37. The van der Waals surface area contributed by atoms with E-state index < -0.39 is 4.92 Å².